The van der Waals surface area contributed by atoms with Crippen LogP contribution in [-0.2, 0) is 0 Å². The summed E-state index contributed by atoms with van der Waals surface area (Å²) in [6.45, 7) is 3.89. The first-order valence-corrected chi connectivity index (χ1v) is 3.65. The van der Waals surface area contributed by atoms with Crippen molar-refractivity contribution in [2.24, 2.45) is 5.92 Å². The van der Waals surface area contributed by atoms with Gasteiger partial charge in [-0.2, -0.15) is 0 Å². The lowest BCUT2D eigenvalue weighted by molar-refractivity contribution is 0.0230. The Kier molecular flexibility index (Phi) is 2.11. The summed E-state index contributed by atoms with van der Waals surface area (Å²) in [5, 5.41) is 18.5. The monoisotopic (exact) mass is 142 g/mol. The fourth-order valence-electron chi connectivity index (χ4n) is 1.43. The first kappa shape index (κ1) is 7.76. The lowest BCUT2D eigenvalue weighted by Gasteiger charge is -2.26. The van der Waals surface area contributed by atoms with Crippen LogP contribution in [0.15, 0.2) is 11.6 Å². The molecule has 0 bridgehead atoms. The number of rotatable bonds is 0. The highest BCUT2D eigenvalue weighted by Gasteiger charge is 2.24. The lowest BCUT2D eigenvalue weighted by Crippen LogP contribution is -2.32. The molecule has 0 fully saturated rings. The SMILES string of the molecule is CC1=CC(C)CC(O)C1O. The van der Waals surface area contributed by atoms with E-state index < -0.39 is 12.2 Å². The van der Waals surface area contributed by atoms with Crippen LogP contribution in [0.3, 0.4) is 0 Å². The van der Waals surface area contributed by atoms with Crippen molar-refractivity contribution in [2.75, 3.05) is 0 Å². The van der Waals surface area contributed by atoms with Crippen molar-refractivity contribution in [3.63, 3.8) is 0 Å². The van der Waals surface area contributed by atoms with E-state index in [9.17, 15) is 10.2 Å². The largest absolute Gasteiger partial charge is 0.390 e. The summed E-state index contributed by atoms with van der Waals surface area (Å²) in [6, 6.07) is 0. The van der Waals surface area contributed by atoms with Crippen molar-refractivity contribution in [2.45, 2.75) is 32.5 Å². The van der Waals surface area contributed by atoms with Crippen LogP contribution >= 0.6 is 0 Å². The quantitative estimate of drug-likeness (QED) is 0.489. The highest BCUT2D eigenvalue weighted by molar-refractivity contribution is 5.12. The third kappa shape index (κ3) is 1.39. The average Bonchev–Trinajstić information content (AvgIpc) is 1.82. The Labute approximate surface area is 61.2 Å². The molecule has 3 unspecified atom stereocenters. The second kappa shape index (κ2) is 2.72. The van der Waals surface area contributed by atoms with Gasteiger partial charge in [0.15, 0.2) is 0 Å². The van der Waals surface area contributed by atoms with Crippen molar-refractivity contribution in [1.29, 1.82) is 0 Å². The van der Waals surface area contributed by atoms with Gasteiger partial charge in [0, 0.05) is 0 Å². The highest BCUT2D eigenvalue weighted by Crippen LogP contribution is 2.22. The van der Waals surface area contributed by atoms with Crippen LogP contribution in [0.25, 0.3) is 0 Å². The van der Waals surface area contributed by atoms with Crippen LogP contribution in [0, 0.1) is 5.92 Å². The molecule has 1 aliphatic rings. The molecule has 0 saturated heterocycles. The Balaban J connectivity index is 2.71. The molecule has 0 heterocycles. The van der Waals surface area contributed by atoms with E-state index in [2.05, 4.69) is 0 Å². The van der Waals surface area contributed by atoms with E-state index in [-0.39, 0.29) is 0 Å². The molecule has 2 N–H and O–H groups in total. The minimum Gasteiger partial charge on any atom is -0.390 e. The Morgan fingerprint density at radius 3 is 2.60 bits per heavy atom. The summed E-state index contributed by atoms with van der Waals surface area (Å²) in [5.74, 6) is 0.401. The lowest BCUT2D eigenvalue weighted by atomic mass is 9.88. The van der Waals surface area contributed by atoms with Gasteiger partial charge in [-0.25, -0.2) is 0 Å². The van der Waals surface area contributed by atoms with Crippen molar-refractivity contribution >= 4 is 0 Å². The molecule has 58 valence electrons. The van der Waals surface area contributed by atoms with E-state index in [1.807, 2.05) is 19.9 Å². The fraction of sp³-hybridized carbons (Fsp3) is 0.750. The molecule has 1 rings (SSSR count). The number of aliphatic hydroxyl groups is 2. The molecule has 0 aromatic rings. The van der Waals surface area contributed by atoms with Gasteiger partial charge in [-0.15, -0.1) is 0 Å². The highest BCUT2D eigenvalue weighted by atomic mass is 16.3. The summed E-state index contributed by atoms with van der Waals surface area (Å²) in [6.07, 6.45) is 1.51. The van der Waals surface area contributed by atoms with Crippen LogP contribution in [0.4, 0.5) is 0 Å². The second-order valence-corrected chi connectivity index (χ2v) is 3.14. The summed E-state index contributed by atoms with van der Waals surface area (Å²) in [4.78, 5) is 0. The minimum absolute atomic E-state index is 0.401. The van der Waals surface area contributed by atoms with E-state index in [4.69, 9.17) is 0 Å². The molecule has 2 heteroatoms. The third-order valence-electron chi connectivity index (χ3n) is 1.99. The fourth-order valence-corrected chi connectivity index (χ4v) is 1.43. The minimum atomic E-state index is -0.629. The maximum atomic E-state index is 9.25. The first-order chi connectivity index (χ1) is 4.61. The number of hydrogen-bond acceptors (Lipinski definition) is 2. The van der Waals surface area contributed by atoms with Crippen molar-refractivity contribution in [3.05, 3.63) is 11.6 Å². The molecule has 0 saturated carbocycles. The molecule has 2 nitrogen and oxygen atoms in total. The van der Waals surface area contributed by atoms with E-state index in [1.54, 1.807) is 0 Å². The Hall–Kier alpha value is -0.340. The van der Waals surface area contributed by atoms with Gasteiger partial charge in [0.25, 0.3) is 0 Å². The smallest absolute Gasteiger partial charge is 0.101 e. The maximum absolute atomic E-state index is 9.25. The summed E-state index contributed by atoms with van der Waals surface area (Å²) in [5.41, 5.74) is 0.895. The molecule has 0 aromatic carbocycles. The van der Waals surface area contributed by atoms with Gasteiger partial charge < -0.3 is 10.2 Å². The molecule has 0 radical (unpaired) electrons. The van der Waals surface area contributed by atoms with Crippen LogP contribution < -0.4 is 0 Å². The Bertz CT molecular complexity index is 151. The summed E-state index contributed by atoms with van der Waals surface area (Å²) in [7, 11) is 0. The van der Waals surface area contributed by atoms with E-state index >= 15 is 0 Å². The molecule has 0 aliphatic heterocycles. The number of allylic oxidation sites excluding steroid dienone is 1. The van der Waals surface area contributed by atoms with Crippen LogP contribution in [0.2, 0.25) is 0 Å². The Morgan fingerprint density at radius 2 is 2.10 bits per heavy atom. The molecule has 0 aromatic heterocycles. The van der Waals surface area contributed by atoms with Crippen molar-refractivity contribution < 1.29 is 10.2 Å². The maximum Gasteiger partial charge on any atom is 0.101 e. The number of hydrogen-bond donors (Lipinski definition) is 2. The van der Waals surface area contributed by atoms with Crippen molar-refractivity contribution in [1.82, 2.24) is 0 Å². The molecular weight excluding hydrogens is 128 g/mol. The molecule has 3 atom stereocenters. The predicted molar refractivity (Wildman–Crippen MR) is 39.6 cm³/mol. The van der Waals surface area contributed by atoms with E-state index in [0.29, 0.717) is 12.3 Å². The van der Waals surface area contributed by atoms with Crippen LogP contribution in [0.5, 0.6) is 0 Å². The van der Waals surface area contributed by atoms with Crippen molar-refractivity contribution in [3.8, 4) is 0 Å². The van der Waals surface area contributed by atoms with Crippen LogP contribution in [-0.4, -0.2) is 22.4 Å². The second-order valence-electron chi connectivity index (χ2n) is 3.14. The van der Waals surface area contributed by atoms with Gasteiger partial charge in [0.05, 0.1) is 6.10 Å². The van der Waals surface area contributed by atoms with E-state index in [1.165, 1.54) is 0 Å². The van der Waals surface area contributed by atoms with Crippen LogP contribution in [0.1, 0.15) is 20.3 Å². The van der Waals surface area contributed by atoms with Gasteiger partial charge in [0.1, 0.15) is 6.10 Å². The summed E-state index contributed by atoms with van der Waals surface area (Å²) < 4.78 is 0. The first-order valence-electron chi connectivity index (χ1n) is 3.65. The summed E-state index contributed by atoms with van der Waals surface area (Å²) >= 11 is 0. The van der Waals surface area contributed by atoms with E-state index in [0.717, 1.165) is 5.57 Å². The molecule has 0 spiro atoms. The number of aliphatic hydroxyl groups excluding tert-OH is 2. The van der Waals surface area contributed by atoms with Gasteiger partial charge in [-0.05, 0) is 24.8 Å². The normalized spacial score (nSPS) is 41.2. The van der Waals surface area contributed by atoms with Gasteiger partial charge in [0.2, 0.25) is 0 Å². The standard InChI is InChI=1S/C8H14O2/c1-5-3-6(2)8(10)7(9)4-5/h3,5,7-10H,4H2,1-2H3. The third-order valence-corrected chi connectivity index (χ3v) is 1.99. The van der Waals surface area contributed by atoms with Gasteiger partial charge in [-0.3, -0.25) is 0 Å². The predicted octanol–water partition coefficient (Wildman–Crippen LogP) is 0.694. The van der Waals surface area contributed by atoms with Gasteiger partial charge in [-0.1, -0.05) is 13.0 Å². The topological polar surface area (TPSA) is 40.5 Å². The average molecular weight is 142 g/mol. The molecule has 1 aliphatic carbocycles. The zero-order chi connectivity index (χ0) is 7.72. The molecule has 10 heavy (non-hydrogen) atoms. The molecular formula is C8H14O2. The zero-order valence-corrected chi connectivity index (χ0v) is 6.41. The van der Waals surface area contributed by atoms with Gasteiger partial charge >= 0.3 is 0 Å². The zero-order valence-electron chi connectivity index (χ0n) is 6.41. The molecule has 0 amide bonds. The Morgan fingerprint density at radius 1 is 1.50 bits per heavy atom.